The minimum Gasteiger partial charge on any atom is -0.464 e. The molecule has 1 amide bonds. The minimum absolute atomic E-state index is 0.174. The Morgan fingerprint density at radius 1 is 1.24 bits per heavy atom. The van der Waals surface area contributed by atoms with Gasteiger partial charge in [0, 0.05) is 13.1 Å². The number of halogens is 1. The van der Waals surface area contributed by atoms with E-state index in [0.717, 1.165) is 18.4 Å². The maximum Gasteiger partial charge on any atom is 0.410 e. The van der Waals surface area contributed by atoms with Crippen molar-refractivity contribution in [2.24, 2.45) is 0 Å². The van der Waals surface area contributed by atoms with Gasteiger partial charge in [0.25, 0.3) is 0 Å². The van der Waals surface area contributed by atoms with Gasteiger partial charge in [-0.25, -0.2) is 14.6 Å². The molecule has 1 fully saturated rings. The molecular formula is C18H23ClN2O4. The van der Waals surface area contributed by atoms with Crippen LogP contribution >= 0.6 is 11.6 Å². The Balaban J connectivity index is 2.04. The summed E-state index contributed by atoms with van der Waals surface area (Å²) in [6.45, 7) is 6.76. The lowest BCUT2D eigenvalue weighted by Crippen LogP contribution is -2.40. The molecule has 0 bridgehead atoms. The molecule has 0 saturated carbocycles. The molecule has 2 rings (SSSR count). The quantitative estimate of drug-likeness (QED) is 0.585. The second-order valence-electron chi connectivity index (χ2n) is 6.87. The van der Waals surface area contributed by atoms with Crippen LogP contribution in [0.2, 0.25) is 5.15 Å². The Morgan fingerprint density at radius 2 is 1.88 bits per heavy atom. The summed E-state index contributed by atoms with van der Waals surface area (Å²) in [5, 5.41) is 0.237. The van der Waals surface area contributed by atoms with E-state index in [0.29, 0.717) is 13.1 Å². The summed E-state index contributed by atoms with van der Waals surface area (Å²) in [6, 6.07) is 3.34. The average molecular weight is 367 g/mol. The first kappa shape index (κ1) is 19.2. The molecule has 0 radical (unpaired) electrons. The van der Waals surface area contributed by atoms with Crippen LogP contribution in [-0.2, 0) is 9.47 Å². The van der Waals surface area contributed by atoms with Crippen LogP contribution in [0.25, 0.3) is 6.08 Å². The highest BCUT2D eigenvalue weighted by molar-refractivity contribution is 6.29. The van der Waals surface area contributed by atoms with Crippen LogP contribution in [0.4, 0.5) is 4.79 Å². The van der Waals surface area contributed by atoms with Crippen LogP contribution in [0.5, 0.6) is 0 Å². The molecule has 6 nitrogen and oxygen atoms in total. The van der Waals surface area contributed by atoms with E-state index in [4.69, 9.17) is 16.3 Å². The number of amides is 1. The summed E-state index contributed by atoms with van der Waals surface area (Å²) in [7, 11) is 1.30. The number of pyridine rings is 1. The van der Waals surface area contributed by atoms with E-state index in [1.54, 1.807) is 17.0 Å². The SMILES string of the molecule is COC(=O)c1cc(C=C2CCN(C(=O)OC(C)(C)C)CC2)cc(Cl)n1. The van der Waals surface area contributed by atoms with Crippen molar-refractivity contribution in [2.75, 3.05) is 20.2 Å². The topological polar surface area (TPSA) is 68.7 Å². The number of ether oxygens (including phenoxy) is 2. The van der Waals surface area contributed by atoms with Gasteiger partial charge in [-0.05, 0) is 51.3 Å². The first-order valence-corrected chi connectivity index (χ1v) is 8.49. The van der Waals surface area contributed by atoms with E-state index in [1.165, 1.54) is 12.7 Å². The number of nitrogens with zero attached hydrogens (tertiary/aromatic N) is 2. The van der Waals surface area contributed by atoms with Gasteiger partial charge in [0.2, 0.25) is 0 Å². The second kappa shape index (κ2) is 7.87. The molecule has 0 spiro atoms. The number of esters is 1. The third-order valence-corrected chi connectivity index (χ3v) is 3.83. The summed E-state index contributed by atoms with van der Waals surface area (Å²) in [5.74, 6) is -0.526. The van der Waals surface area contributed by atoms with E-state index in [-0.39, 0.29) is 16.9 Å². The Hall–Kier alpha value is -2.08. The highest BCUT2D eigenvalue weighted by atomic mass is 35.5. The predicted molar refractivity (Wildman–Crippen MR) is 95.6 cm³/mol. The van der Waals surface area contributed by atoms with Gasteiger partial charge in [-0.3, -0.25) is 0 Å². The van der Waals surface area contributed by atoms with Crippen molar-refractivity contribution in [2.45, 2.75) is 39.2 Å². The molecular weight excluding hydrogens is 344 g/mol. The van der Waals surface area contributed by atoms with Crippen molar-refractivity contribution in [3.63, 3.8) is 0 Å². The Bertz CT molecular complexity index is 685. The van der Waals surface area contributed by atoms with Gasteiger partial charge < -0.3 is 14.4 Å². The van der Waals surface area contributed by atoms with Crippen molar-refractivity contribution in [3.05, 3.63) is 34.1 Å². The maximum atomic E-state index is 12.1. The van der Waals surface area contributed by atoms with E-state index >= 15 is 0 Å². The smallest absolute Gasteiger partial charge is 0.410 e. The van der Waals surface area contributed by atoms with Crippen LogP contribution in [0.3, 0.4) is 0 Å². The normalized spacial score (nSPS) is 14.9. The third kappa shape index (κ3) is 5.74. The lowest BCUT2D eigenvalue weighted by atomic mass is 10.0. The predicted octanol–water partition coefficient (Wildman–Crippen LogP) is 3.94. The van der Waals surface area contributed by atoms with E-state index < -0.39 is 11.6 Å². The monoisotopic (exact) mass is 366 g/mol. The van der Waals surface area contributed by atoms with Gasteiger partial charge in [0.15, 0.2) is 5.69 Å². The van der Waals surface area contributed by atoms with Crippen molar-refractivity contribution in [1.82, 2.24) is 9.88 Å². The number of rotatable bonds is 2. The van der Waals surface area contributed by atoms with Gasteiger partial charge in [-0.1, -0.05) is 23.3 Å². The van der Waals surface area contributed by atoms with Crippen LogP contribution in [0.1, 0.15) is 49.7 Å². The number of piperidine rings is 1. The van der Waals surface area contributed by atoms with Gasteiger partial charge in [0.05, 0.1) is 7.11 Å². The molecule has 1 saturated heterocycles. The molecule has 1 aliphatic rings. The molecule has 25 heavy (non-hydrogen) atoms. The zero-order valence-electron chi connectivity index (χ0n) is 15.0. The number of likely N-dealkylation sites (tertiary alicyclic amines) is 1. The summed E-state index contributed by atoms with van der Waals surface area (Å²) < 4.78 is 10.1. The van der Waals surface area contributed by atoms with Gasteiger partial charge >= 0.3 is 12.1 Å². The fourth-order valence-electron chi connectivity index (χ4n) is 2.49. The van der Waals surface area contributed by atoms with E-state index in [1.807, 2.05) is 26.8 Å². The minimum atomic E-state index is -0.526. The fourth-order valence-corrected chi connectivity index (χ4v) is 2.71. The highest BCUT2D eigenvalue weighted by Gasteiger charge is 2.24. The summed E-state index contributed by atoms with van der Waals surface area (Å²) in [4.78, 5) is 29.4. The largest absolute Gasteiger partial charge is 0.464 e. The standard InChI is InChI=1S/C18H23ClN2O4/c1-18(2,3)25-17(23)21-7-5-12(6-8-21)9-13-10-14(16(22)24-4)20-15(19)11-13/h9-11H,5-8H2,1-4H3. The highest BCUT2D eigenvalue weighted by Crippen LogP contribution is 2.22. The second-order valence-corrected chi connectivity index (χ2v) is 7.26. The van der Waals surface area contributed by atoms with E-state index in [9.17, 15) is 9.59 Å². The van der Waals surface area contributed by atoms with Crippen molar-refractivity contribution >= 4 is 29.7 Å². The number of carbonyl (C=O) groups is 2. The zero-order valence-corrected chi connectivity index (χ0v) is 15.7. The van der Waals surface area contributed by atoms with Crippen LogP contribution in [-0.4, -0.2) is 47.7 Å². The Morgan fingerprint density at radius 3 is 2.44 bits per heavy atom. The number of aromatic nitrogens is 1. The molecule has 0 unspecified atom stereocenters. The number of hydrogen-bond acceptors (Lipinski definition) is 5. The number of hydrogen-bond donors (Lipinski definition) is 0. The Kier molecular flexibility index (Phi) is 6.06. The molecule has 0 aromatic carbocycles. The molecule has 1 aromatic rings. The summed E-state index contributed by atoms with van der Waals surface area (Å²) in [5.41, 5.74) is 1.65. The fraction of sp³-hybridized carbons (Fsp3) is 0.500. The summed E-state index contributed by atoms with van der Waals surface area (Å²) in [6.07, 6.45) is 3.18. The van der Waals surface area contributed by atoms with Crippen molar-refractivity contribution in [3.8, 4) is 0 Å². The van der Waals surface area contributed by atoms with Crippen molar-refractivity contribution in [1.29, 1.82) is 0 Å². The Labute approximate surface area is 152 Å². The first-order chi connectivity index (χ1) is 11.7. The molecule has 2 heterocycles. The van der Waals surface area contributed by atoms with Crippen LogP contribution in [0.15, 0.2) is 17.7 Å². The molecule has 136 valence electrons. The van der Waals surface area contributed by atoms with Gasteiger partial charge in [-0.2, -0.15) is 0 Å². The van der Waals surface area contributed by atoms with Crippen molar-refractivity contribution < 1.29 is 19.1 Å². The van der Waals surface area contributed by atoms with Crippen LogP contribution < -0.4 is 0 Å². The van der Waals surface area contributed by atoms with Crippen LogP contribution in [0, 0.1) is 0 Å². The number of carbonyl (C=O) groups excluding carboxylic acids is 2. The zero-order chi connectivity index (χ0) is 18.6. The molecule has 0 aliphatic carbocycles. The average Bonchev–Trinajstić information content (AvgIpc) is 2.52. The molecule has 0 N–H and O–H groups in total. The van der Waals surface area contributed by atoms with Gasteiger partial charge in [0.1, 0.15) is 10.8 Å². The van der Waals surface area contributed by atoms with E-state index in [2.05, 4.69) is 9.72 Å². The lowest BCUT2D eigenvalue weighted by molar-refractivity contribution is 0.0236. The molecule has 0 atom stereocenters. The first-order valence-electron chi connectivity index (χ1n) is 8.11. The third-order valence-electron chi connectivity index (χ3n) is 3.64. The lowest BCUT2D eigenvalue weighted by Gasteiger charge is -2.31. The maximum absolute atomic E-state index is 12.1. The number of methoxy groups -OCH3 is 1. The molecule has 7 heteroatoms. The summed E-state index contributed by atoms with van der Waals surface area (Å²) >= 11 is 5.98. The molecule has 1 aromatic heterocycles. The van der Waals surface area contributed by atoms with Gasteiger partial charge in [-0.15, -0.1) is 0 Å². The molecule has 1 aliphatic heterocycles.